The van der Waals surface area contributed by atoms with E-state index >= 15 is 0 Å². The van der Waals surface area contributed by atoms with Crippen LogP contribution in [0, 0.1) is 5.82 Å². The van der Waals surface area contributed by atoms with E-state index in [9.17, 15) is 4.39 Å². The summed E-state index contributed by atoms with van der Waals surface area (Å²) in [6.07, 6.45) is 0. The van der Waals surface area contributed by atoms with Crippen molar-refractivity contribution >= 4 is 21.4 Å². The molecule has 1 nitrogen and oxygen atoms in total. The van der Waals surface area contributed by atoms with Gasteiger partial charge in [-0.25, -0.2) is 4.39 Å². The quantitative estimate of drug-likeness (QED) is 0.746. The van der Waals surface area contributed by atoms with Crippen molar-refractivity contribution < 1.29 is 4.39 Å². The molecule has 0 fully saturated rings. The largest absolute Gasteiger partial charge is 0.309 e. The molecule has 1 heterocycles. The fourth-order valence-corrected chi connectivity index (χ4v) is 3.48. The van der Waals surface area contributed by atoms with Crippen molar-refractivity contribution in [2.75, 3.05) is 7.05 Å². The Morgan fingerprint density at radius 2 is 1.84 bits per heavy atom. The second kappa shape index (κ2) is 5.11. The van der Waals surface area contributed by atoms with Gasteiger partial charge < -0.3 is 5.32 Å². The number of fused-ring (bicyclic) bond motifs is 1. The molecule has 0 spiro atoms. The fraction of sp³-hybridized carbons (Fsp3) is 0.125. The smallest absolute Gasteiger partial charge is 0.123 e. The predicted molar refractivity (Wildman–Crippen MR) is 79.1 cm³/mol. The lowest BCUT2D eigenvalue weighted by Gasteiger charge is -2.14. The van der Waals surface area contributed by atoms with Gasteiger partial charge in [-0.2, -0.15) is 0 Å². The van der Waals surface area contributed by atoms with Crippen molar-refractivity contribution in [3.8, 4) is 0 Å². The maximum absolute atomic E-state index is 13.2. The zero-order valence-corrected chi connectivity index (χ0v) is 11.4. The lowest BCUT2D eigenvalue weighted by Crippen LogP contribution is -2.16. The summed E-state index contributed by atoms with van der Waals surface area (Å²) < 4.78 is 14.4. The number of hydrogen-bond acceptors (Lipinski definition) is 2. The summed E-state index contributed by atoms with van der Waals surface area (Å²) in [6.45, 7) is 0. The molecule has 3 rings (SSSR count). The second-order valence-electron chi connectivity index (χ2n) is 4.46. The lowest BCUT2D eigenvalue weighted by molar-refractivity contribution is 0.630. The topological polar surface area (TPSA) is 12.0 Å². The highest BCUT2D eigenvalue weighted by molar-refractivity contribution is 7.19. The third-order valence-electron chi connectivity index (χ3n) is 3.20. The Labute approximate surface area is 115 Å². The van der Waals surface area contributed by atoms with Gasteiger partial charge in [-0.05, 0) is 42.3 Å². The first-order chi connectivity index (χ1) is 9.28. The Morgan fingerprint density at radius 3 is 2.58 bits per heavy atom. The molecule has 0 saturated heterocycles. The third-order valence-corrected chi connectivity index (χ3v) is 4.38. The molecule has 1 N–H and O–H groups in total. The minimum atomic E-state index is -0.183. The molecular weight excluding hydrogens is 257 g/mol. The standard InChI is InChI=1S/C16H14FNS/c1-18-16(11-5-3-2-4-6-11)15-10-12-9-13(17)7-8-14(12)19-15/h2-10,16,18H,1H3. The summed E-state index contributed by atoms with van der Waals surface area (Å²) in [5.74, 6) is -0.183. The molecular formula is C16H14FNS. The molecule has 3 aromatic rings. The van der Waals surface area contributed by atoms with Crippen LogP contribution in [0.4, 0.5) is 4.39 Å². The van der Waals surface area contributed by atoms with Crippen molar-refractivity contribution in [1.29, 1.82) is 0 Å². The molecule has 0 saturated carbocycles. The first kappa shape index (κ1) is 12.3. The van der Waals surface area contributed by atoms with E-state index < -0.39 is 0 Å². The molecule has 0 aliphatic rings. The Morgan fingerprint density at radius 1 is 1.05 bits per heavy atom. The zero-order valence-electron chi connectivity index (χ0n) is 10.6. The summed E-state index contributed by atoms with van der Waals surface area (Å²) in [6, 6.07) is 17.5. The van der Waals surface area contributed by atoms with Crippen LogP contribution in [-0.4, -0.2) is 7.05 Å². The summed E-state index contributed by atoms with van der Waals surface area (Å²) in [5.41, 5.74) is 1.22. The van der Waals surface area contributed by atoms with Gasteiger partial charge in [0, 0.05) is 9.58 Å². The summed E-state index contributed by atoms with van der Waals surface area (Å²) >= 11 is 1.70. The highest BCUT2D eigenvalue weighted by Crippen LogP contribution is 2.33. The van der Waals surface area contributed by atoms with Gasteiger partial charge >= 0.3 is 0 Å². The SMILES string of the molecule is CNC(c1ccccc1)c1cc2cc(F)ccc2s1. The molecule has 19 heavy (non-hydrogen) atoms. The van der Waals surface area contributed by atoms with Crippen molar-refractivity contribution in [3.05, 3.63) is 70.9 Å². The highest BCUT2D eigenvalue weighted by atomic mass is 32.1. The number of benzene rings is 2. The van der Waals surface area contributed by atoms with Crippen LogP contribution in [0.15, 0.2) is 54.6 Å². The van der Waals surface area contributed by atoms with Gasteiger partial charge in [0.05, 0.1) is 6.04 Å². The highest BCUT2D eigenvalue weighted by Gasteiger charge is 2.14. The van der Waals surface area contributed by atoms with Crippen molar-refractivity contribution in [2.45, 2.75) is 6.04 Å². The van der Waals surface area contributed by atoms with Gasteiger partial charge in [0.1, 0.15) is 5.82 Å². The van der Waals surface area contributed by atoms with Crippen LogP contribution < -0.4 is 5.32 Å². The molecule has 1 atom stereocenters. The van der Waals surface area contributed by atoms with Crippen molar-refractivity contribution in [1.82, 2.24) is 5.32 Å². The van der Waals surface area contributed by atoms with Crippen LogP contribution in [0.3, 0.4) is 0 Å². The van der Waals surface area contributed by atoms with Crippen molar-refractivity contribution in [3.63, 3.8) is 0 Å². The Balaban J connectivity index is 2.07. The number of halogens is 1. The summed E-state index contributed by atoms with van der Waals surface area (Å²) in [4.78, 5) is 1.20. The minimum absolute atomic E-state index is 0.154. The number of nitrogens with one attached hydrogen (secondary N) is 1. The molecule has 2 aromatic carbocycles. The molecule has 0 aliphatic heterocycles. The van der Waals surface area contributed by atoms with E-state index in [1.807, 2.05) is 31.3 Å². The minimum Gasteiger partial charge on any atom is -0.309 e. The zero-order chi connectivity index (χ0) is 13.2. The first-order valence-corrected chi connectivity index (χ1v) is 7.01. The van der Waals surface area contributed by atoms with Gasteiger partial charge in [0.2, 0.25) is 0 Å². The van der Waals surface area contributed by atoms with Crippen molar-refractivity contribution in [2.24, 2.45) is 0 Å². The molecule has 0 bridgehead atoms. The number of thiophene rings is 1. The van der Waals surface area contributed by atoms with Gasteiger partial charge in [0.25, 0.3) is 0 Å². The third kappa shape index (κ3) is 2.39. The summed E-state index contributed by atoms with van der Waals surface area (Å²) in [7, 11) is 1.95. The van der Waals surface area contributed by atoms with Crippen LogP contribution in [0.5, 0.6) is 0 Å². The Bertz CT molecular complexity index is 690. The first-order valence-electron chi connectivity index (χ1n) is 6.19. The predicted octanol–water partition coefficient (Wildman–Crippen LogP) is 4.35. The maximum Gasteiger partial charge on any atom is 0.123 e. The monoisotopic (exact) mass is 271 g/mol. The molecule has 0 amide bonds. The summed E-state index contributed by atoms with van der Waals surface area (Å²) in [5, 5.41) is 4.30. The Hall–Kier alpha value is -1.71. The lowest BCUT2D eigenvalue weighted by atomic mass is 10.1. The van der Waals surface area contributed by atoms with Crippen LogP contribution >= 0.6 is 11.3 Å². The molecule has 0 aliphatic carbocycles. The van der Waals surface area contributed by atoms with E-state index in [1.54, 1.807) is 17.4 Å². The van der Waals surface area contributed by atoms with E-state index in [-0.39, 0.29) is 11.9 Å². The molecule has 1 aromatic heterocycles. The van der Waals surface area contributed by atoms with Gasteiger partial charge in [-0.15, -0.1) is 11.3 Å². The molecule has 1 unspecified atom stereocenters. The van der Waals surface area contributed by atoms with Crippen LogP contribution in [-0.2, 0) is 0 Å². The van der Waals surface area contributed by atoms with E-state index in [0.29, 0.717) is 0 Å². The van der Waals surface area contributed by atoms with Gasteiger partial charge in [-0.1, -0.05) is 30.3 Å². The van der Waals surface area contributed by atoms with E-state index in [2.05, 4.69) is 23.5 Å². The Kier molecular flexibility index (Phi) is 3.32. The fourth-order valence-electron chi connectivity index (χ4n) is 2.30. The van der Waals surface area contributed by atoms with Crippen LogP contribution in [0.1, 0.15) is 16.5 Å². The maximum atomic E-state index is 13.2. The molecule has 3 heteroatoms. The second-order valence-corrected chi connectivity index (χ2v) is 5.58. The van der Waals surface area contributed by atoms with Crippen LogP contribution in [0.25, 0.3) is 10.1 Å². The number of hydrogen-bond donors (Lipinski definition) is 1. The molecule has 0 radical (unpaired) electrons. The van der Waals surface area contributed by atoms with E-state index in [0.717, 1.165) is 10.1 Å². The van der Waals surface area contributed by atoms with Gasteiger partial charge in [-0.3, -0.25) is 0 Å². The van der Waals surface area contributed by atoms with Gasteiger partial charge in [0.15, 0.2) is 0 Å². The average molecular weight is 271 g/mol. The normalized spacial score (nSPS) is 12.7. The van der Waals surface area contributed by atoms with E-state index in [1.165, 1.54) is 16.5 Å². The van der Waals surface area contributed by atoms with Crippen LogP contribution in [0.2, 0.25) is 0 Å². The average Bonchev–Trinajstić information content (AvgIpc) is 2.83. The number of rotatable bonds is 3. The molecule has 96 valence electrons. The van der Waals surface area contributed by atoms with E-state index in [4.69, 9.17) is 0 Å².